The molecular weight excluding hydrogens is 229 g/mol. The first-order valence-electron chi connectivity index (χ1n) is 3.02. The van der Waals surface area contributed by atoms with Crippen molar-refractivity contribution in [2.24, 2.45) is 5.73 Å². The molecule has 4 heteroatoms. The van der Waals surface area contributed by atoms with E-state index in [-0.39, 0.29) is 12.3 Å². The molecule has 60 valence electrons. The van der Waals surface area contributed by atoms with Crippen molar-refractivity contribution in [1.29, 1.82) is 0 Å². The number of nitrogens with two attached hydrogens (primary N) is 1. The molecule has 3 N–H and O–H groups in total. The van der Waals surface area contributed by atoms with Crippen LogP contribution in [0.2, 0.25) is 5.02 Å². The Kier molecular flexibility index (Phi) is 2.76. The second kappa shape index (κ2) is 3.43. The van der Waals surface area contributed by atoms with E-state index in [1.54, 1.807) is 12.1 Å². The Bertz CT molecular complexity index is 277. The van der Waals surface area contributed by atoms with Crippen LogP contribution in [0.5, 0.6) is 5.75 Å². The van der Waals surface area contributed by atoms with E-state index >= 15 is 0 Å². The fraction of sp³-hybridized carbons (Fsp3) is 0.143. The molecule has 0 radical (unpaired) electrons. The minimum atomic E-state index is 0.164. The van der Waals surface area contributed by atoms with Crippen molar-refractivity contribution in [2.75, 3.05) is 0 Å². The Morgan fingerprint density at radius 1 is 1.55 bits per heavy atom. The normalized spacial score (nSPS) is 10.1. The highest BCUT2D eigenvalue weighted by atomic mass is 79.9. The van der Waals surface area contributed by atoms with Gasteiger partial charge in [-0.2, -0.15) is 0 Å². The quantitative estimate of drug-likeness (QED) is 0.786. The average Bonchev–Trinajstić information content (AvgIpc) is 1.96. The fourth-order valence-electron chi connectivity index (χ4n) is 0.775. The average molecular weight is 236 g/mol. The third-order valence-corrected chi connectivity index (χ3v) is 2.15. The number of hydrogen-bond acceptors (Lipinski definition) is 2. The Balaban J connectivity index is 3.24. The molecule has 0 heterocycles. The Morgan fingerprint density at radius 2 is 2.18 bits per heavy atom. The molecule has 0 unspecified atom stereocenters. The van der Waals surface area contributed by atoms with Gasteiger partial charge in [-0.15, -0.1) is 0 Å². The summed E-state index contributed by atoms with van der Waals surface area (Å²) in [5, 5.41) is 9.90. The maximum absolute atomic E-state index is 9.34. The standard InChI is InChI=1S/C7H7BrClNO/c8-6-2-5(9)1-4(3-10)7(6)11/h1-2,11H,3,10H2. The van der Waals surface area contributed by atoms with Crippen LogP contribution in [-0.2, 0) is 6.54 Å². The molecular formula is C7H7BrClNO. The second-order valence-corrected chi connectivity index (χ2v) is 3.39. The van der Waals surface area contributed by atoms with Crippen molar-refractivity contribution < 1.29 is 5.11 Å². The van der Waals surface area contributed by atoms with Gasteiger partial charge in [0.15, 0.2) is 0 Å². The lowest BCUT2D eigenvalue weighted by atomic mass is 10.2. The van der Waals surface area contributed by atoms with E-state index in [0.29, 0.717) is 15.1 Å². The lowest BCUT2D eigenvalue weighted by Crippen LogP contribution is -1.96. The van der Waals surface area contributed by atoms with Crippen LogP contribution in [0, 0.1) is 0 Å². The molecule has 0 amide bonds. The van der Waals surface area contributed by atoms with Gasteiger partial charge in [0.2, 0.25) is 0 Å². The Labute approximate surface area is 78.1 Å². The van der Waals surface area contributed by atoms with Crippen LogP contribution < -0.4 is 5.73 Å². The zero-order valence-electron chi connectivity index (χ0n) is 5.64. The molecule has 2 nitrogen and oxygen atoms in total. The first-order valence-corrected chi connectivity index (χ1v) is 4.19. The second-order valence-electron chi connectivity index (χ2n) is 2.10. The molecule has 0 atom stereocenters. The summed E-state index contributed by atoms with van der Waals surface area (Å²) in [6.45, 7) is 0.283. The highest BCUT2D eigenvalue weighted by Gasteiger charge is 2.04. The Morgan fingerprint density at radius 3 is 2.73 bits per heavy atom. The van der Waals surface area contributed by atoms with E-state index in [1.165, 1.54) is 0 Å². The molecule has 0 aliphatic carbocycles. The van der Waals surface area contributed by atoms with Crippen molar-refractivity contribution in [1.82, 2.24) is 0 Å². The number of rotatable bonds is 1. The summed E-state index contributed by atoms with van der Waals surface area (Å²) in [5.74, 6) is 0.164. The lowest BCUT2D eigenvalue weighted by molar-refractivity contribution is 0.465. The number of benzene rings is 1. The number of hydrogen-bond donors (Lipinski definition) is 2. The predicted octanol–water partition coefficient (Wildman–Crippen LogP) is 2.27. The van der Waals surface area contributed by atoms with Crippen LogP contribution in [0.15, 0.2) is 16.6 Å². The van der Waals surface area contributed by atoms with Crippen LogP contribution in [-0.4, -0.2) is 5.11 Å². The smallest absolute Gasteiger partial charge is 0.134 e. The van der Waals surface area contributed by atoms with Gasteiger partial charge in [-0.05, 0) is 28.1 Å². The number of phenolic OH excluding ortho intramolecular Hbond substituents is 1. The summed E-state index contributed by atoms with van der Waals surface area (Å²) in [6.07, 6.45) is 0. The van der Waals surface area contributed by atoms with Crippen molar-refractivity contribution in [3.05, 3.63) is 27.2 Å². The summed E-state index contributed by atoms with van der Waals surface area (Å²) < 4.78 is 0.574. The third-order valence-electron chi connectivity index (χ3n) is 1.33. The molecule has 0 aliphatic rings. The zero-order valence-corrected chi connectivity index (χ0v) is 7.98. The van der Waals surface area contributed by atoms with Crippen molar-refractivity contribution in [2.45, 2.75) is 6.54 Å². The molecule has 0 bridgehead atoms. The van der Waals surface area contributed by atoms with Crippen LogP contribution in [0.4, 0.5) is 0 Å². The maximum atomic E-state index is 9.34. The molecule has 0 saturated heterocycles. The summed E-state index contributed by atoms with van der Waals surface area (Å²) >= 11 is 8.85. The summed E-state index contributed by atoms with van der Waals surface area (Å²) in [4.78, 5) is 0. The summed E-state index contributed by atoms with van der Waals surface area (Å²) in [7, 11) is 0. The first-order chi connectivity index (χ1) is 5.15. The third kappa shape index (κ3) is 1.86. The van der Waals surface area contributed by atoms with Gasteiger partial charge in [-0.1, -0.05) is 11.6 Å². The maximum Gasteiger partial charge on any atom is 0.134 e. The topological polar surface area (TPSA) is 46.2 Å². The molecule has 1 aromatic rings. The van der Waals surface area contributed by atoms with Gasteiger partial charge in [0.25, 0.3) is 0 Å². The van der Waals surface area contributed by atoms with Crippen LogP contribution in [0.3, 0.4) is 0 Å². The van der Waals surface area contributed by atoms with E-state index in [4.69, 9.17) is 17.3 Å². The molecule has 0 fully saturated rings. The number of aromatic hydroxyl groups is 1. The van der Waals surface area contributed by atoms with Crippen molar-refractivity contribution in [3.8, 4) is 5.75 Å². The minimum absolute atomic E-state index is 0.164. The zero-order chi connectivity index (χ0) is 8.43. The van der Waals surface area contributed by atoms with Crippen molar-refractivity contribution >= 4 is 27.5 Å². The molecule has 0 spiro atoms. The van der Waals surface area contributed by atoms with Gasteiger partial charge >= 0.3 is 0 Å². The molecule has 1 rings (SSSR count). The van der Waals surface area contributed by atoms with E-state index in [1.807, 2.05) is 0 Å². The predicted molar refractivity (Wildman–Crippen MR) is 48.7 cm³/mol. The van der Waals surface area contributed by atoms with Gasteiger partial charge in [-0.25, -0.2) is 0 Å². The van der Waals surface area contributed by atoms with Gasteiger partial charge in [0, 0.05) is 17.1 Å². The van der Waals surface area contributed by atoms with Crippen LogP contribution in [0.1, 0.15) is 5.56 Å². The SMILES string of the molecule is NCc1cc(Cl)cc(Br)c1O. The highest BCUT2D eigenvalue weighted by molar-refractivity contribution is 9.10. The number of halogens is 2. The first kappa shape index (κ1) is 8.84. The lowest BCUT2D eigenvalue weighted by Gasteiger charge is -2.03. The van der Waals surface area contributed by atoms with Gasteiger partial charge < -0.3 is 10.8 Å². The molecule has 0 saturated carbocycles. The minimum Gasteiger partial charge on any atom is -0.506 e. The van der Waals surface area contributed by atoms with E-state index in [9.17, 15) is 5.11 Å². The van der Waals surface area contributed by atoms with Crippen molar-refractivity contribution in [3.63, 3.8) is 0 Å². The summed E-state index contributed by atoms with van der Waals surface area (Å²) in [5.41, 5.74) is 5.99. The summed E-state index contributed by atoms with van der Waals surface area (Å²) in [6, 6.07) is 3.26. The number of phenols is 1. The molecule has 11 heavy (non-hydrogen) atoms. The van der Waals surface area contributed by atoms with Crippen LogP contribution >= 0.6 is 27.5 Å². The highest BCUT2D eigenvalue weighted by Crippen LogP contribution is 2.30. The molecule has 0 aromatic heterocycles. The van der Waals surface area contributed by atoms with Gasteiger partial charge in [0.1, 0.15) is 5.75 Å². The van der Waals surface area contributed by atoms with E-state index < -0.39 is 0 Å². The van der Waals surface area contributed by atoms with E-state index in [2.05, 4.69) is 15.9 Å². The van der Waals surface area contributed by atoms with E-state index in [0.717, 1.165) is 0 Å². The fourth-order valence-corrected chi connectivity index (χ4v) is 1.65. The van der Waals surface area contributed by atoms with Gasteiger partial charge in [-0.3, -0.25) is 0 Å². The monoisotopic (exact) mass is 235 g/mol. The molecule has 1 aromatic carbocycles. The van der Waals surface area contributed by atoms with Gasteiger partial charge in [0.05, 0.1) is 4.47 Å². The molecule has 0 aliphatic heterocycles. The van der Waals surface area contributed by atoms with Crippen LogP contribution in [0.25, 0.3) is 0 Å². The largest absolute Gasteiger partial charge is 0.506 e. The Hall–Kier alpha value is -0.250.